The molecule has 2 aromatic rings. The molecule has 2 aromatic carbocycles. The molecule has 4 rings (SSSR count). The average molecular weight is 515 g/mol. The zero-order valence-electron chi connectivity index (χ0n) is 22.2. The lowest BCUT2D eigenvalue weighted by atomic mass is 9.74. The van der Waals surface area contributed by atoms with Gasteiger partial charge in [-0.05, 0) is 91.0 Å². The van der Waals surface area contributed by atoms with E-state index in [0.29, 0.717) is 17.9 Å². The van der Waals surface area contributed by atoms with E-state index in [1.54, 1.807) is 0 Å². The van der Waals surface area contributed by atoms with Gasteiger partial charge in [0.2, 0.25) is 0 Å². The number of benzene rings is 2. The first-order chi connectivity index (χ1) is 17.5. The van der Waals surface area contributed by atoms with Crippen LogP contribution in [0.25, 0.3) is 0 Å². The van der Waals surface area contributed by atoms with Gasteiger partial charge in [-0.2, -0.15) is 0 Å². The summed E-state index contributed by atoms with van der Waals surface area (Å²) >= 11 is 5.59. The van der Waals surface area contributed by atoms with Gasteiger partial charge in [-0.1, -0.05) is 107 Å². The zero-order chi connectivity index (χ0) is 25.3. The van der Waals surface area contributed by atoms with E-state index in [2.05, 4.69) is 31.2 Å². The number of unbranched alkanes of at least 4 members (excludes halogenated alkanes) is 2. The van der Waals surface area contributed by atoms with Crippen LogP contribution in [-0.2, 0) is 12.8 Å². The molecular weight excluding hydrogens is 470 g/mol. The fraction of sp³-hybridized carbons (Fsp3) is 0.636. The van der Waals surface area contributed by atoms with Crippen molar-refractivity contribution in [2.24, 2.45) is 17.8 Å². The van der Waals surface area contributed by atoms with Crippen molar-refractivity contribution < 1.29 is 8.78 Å². The van der Waals surface area contributed by atoms with Crippen molar-refractivity contribution in [3.05, 3.63) is 69.7 Å². The molecule has 0 heterocycles. The Morgan fingerprint density at radius 3 is 1.72 bits per heavy atom. The van der Waals surface area contributed by atoms with Gasteiger partial charge in [0.05, 0.1) is 0 Å². The summed E-state index contributed by atoms with van der Waals surface area (Å²) in [6.45, 7) is 2.31. The third-order valence-corrected chi connectivity index (χ3v) is 9.57. The highest BCUT2D eigenvalue weighted by Gasteiger charge is 2.25. The summed E-state index contributed by atoms with van der Waals surface area (Å²) < 4.78 is 27.4. The number of halogens is 3. The van der Waals surface area contributed by atoms with Crippen LogP contribution in [0.5, 0.6) is 0 Å². The van der Waals surface area contributed by atoms with Crippen molar-refractivity contribution >= 4 is 11.6 Å². The monoisotopic (exact) mass is 514 g/mol. The lowest BCUT2D eigenvalue weighted by molar-refractivity contribution is 0.222. The molecule has 2 aliphatic carbocycles. The molecule has 2 fully saturated rings. The summed E-state index contributed by atoms with van der Waals surface area (Å²) in [7, 11) is 0. The van der Waals surface area contributed by atoms with Crippen LogP contribution in [0.1, 0.15) is 119 Å². The highest BCUT2D eigenvalue weighted by Crippen LogP contribution is 2.40. The molecule has 0 N–H and O–H groups in total. The molecule has 36 heavy (non-hydrogen) atoms. The Kier molecular flexibility index (Phi) is 10.7. The summed E-state index contributed by atoms with van der Waals surface area (Å²) in [5.74, 6) is 2.29. The third kappa shape index (κ3) is 8.04. The van der Waals surface area contributed by atoms with E-state index >= 15 is 0 Å². The lowest BCUT2D eigenvalue weighted by Crippen LogP contribution is -2.17. The van der Waals surface area contributed by atoms with Gasteiger partial charge in [0.25, 0.3) is 0 Å². The Hall–Kier alpha value is -1.41. The first-order valence-electron chi connectivity index (χ1n) is 14.7. The minimum Gasteiger partial charge on any atom is -0.205 e. The summed E-state index contributed by atoms with van der Waals surface area (Å²) in [4.78, 5) is 0. The first-order valence-corrected chi connectivity index (χ1v) is 15.1. The van der Waals surface area contributed by atoms with Crippen LogP contribution in [0.3, 0.4) is 0 Å². The van der Waals surface area contributed by atoms with Gasteiger partial charge in [0.15, 0.2) is 0 Å². The Bertz CT molecular complexity index is 898. The second-order valence-electron chi connectivity index (χ2n) is 11.8. The van der Waals surface area contributed by atoms with Crippen LogP contribution in [0.4, 0.5) is 8.78 Å². The summed E-state index contributed by atoms with van der Waals surface area (Å²) in [5, 5.41) is -0.418. The standard InChI is InChI=1S/C33H45ClF2/c1-2-3-4-5-24-6-8-25(9-7-24)10-11-26-14-18-29(19-15-26)30-20-16-27(17-21-30)12-13-28-22-31(35)33(34)32(36)23-28/h16-17,20-26,29H,2-15,18-19H2,1H3/t24-,25-,26-,29-. The average Bonchev–Trinajstić information content (AvgIpc) is 2.91. The zero-order valence-corrected chi connectivity index (χ0v) is 23.0. The fourth-order valence-electron chi connectivity index (χ4n) is 6.75. The van der Waals surface area contributed by atoms with E-state index < -0.39 is 16.7 Å². The molecule has 0 aromatic heterocycles. The van der Waals surface area contributed by atoms with Crippen LogP contribution in [0, 0.1) is 29.4 Å². The minimum atomic E-state index is -0.678. The van der Waals surface area contributed by atoms with E-state index in [4.69, 9.17) is 11.6 Å². The second-order valence-corrected chi connectivity index (χ2v) is 12.2. The van der Waals surface area contributed by atoms with Crippen LogP contribution in [-0.4, -0.2) is 0 Å². The SMILES string of the molecule is CCCCC[C@H]1CC[C@H](CC[C@H]2CC[C@H](c3ccc(CCc4cc(F)c(Cl)c(F)c4)cc3)CC2)CC1. The van der Waals surface area contributed by atoms with E-state index in [9.17, 15) is 8.78 Å². The largest absolute Gasteiger partial charge is 0.205 e. The van der Waals surface area contributed by atoms with Gasteiger partial charge in [0.1, 0.15) is 16.7 Å². The molecule has 0 amide bonds. The maximum Gasteiger partial charge on any atom is 0.145 e. The Morgan fingerprint density at radius 2 is 1.17 bits per heavy atom. The molecule has 0 spiro atoms. The van der Waals surface area contributed by atoms with Crippen molar-refractivity contribution in [3.8, 4) is 0 Å². The smallest absolute Gasteiger partial charge is 0.145 e. The van der Waals surface area contributed by atoms with E-state index in [-0.39, 0.29) is 0 Å². The van der Waals surface area contributed by atoms with Gasteiger partial charge in [0, 0.05) is 0 Å². The number of aryl methyl sites for hydroxylation is 2. The molecule has 3 heteroatoms. The third-order valence-electron chi connectivity index (χ3n) is 9.21. The van der Waals surface area contributed by atoms with Gasteiger partial charge in [-0.3, -0.25) is 0 Å². The molecular formula is C33H45ClF2. The second kappa shape index (κ2) is 13.9. The highest BCUT2D eigenvalue weighted by atomic mass is 35.5. The molecule has 0 atom stereocenters. The maximum atomic E-state index is 13.7. The van der Waals surface area contributed by atoms with Crippen molar-refractivity contribution in [1.82, 2.24) is 0 Å². The molecule has 0 unspecified atom stereocenters. The van der Waals surface area contributed by atoms with Gasteiger partial charge in [-0.25, -0.2) is 8.78 Å². The Balaban J connectivity index is 1.14. The number of rotatable bonds is 11. The molecule has 2 saturated carbocycles. The first kappa shape index (κ1) is 27.6. The van der Waals surface area contributed by atoms with Crippen molar-refractivity contribution in [2.75, 3.05) is 0 Å². The van der Waals surface area contributed by atoms with Crippen molar-refractivity contribution in [2.45, 2.75) is 116 Å². The van der Waals surface area contributed by atoms with Crippen LogP contribution >= 0.6 is 11.6 Å². The topological polar surface area (TPSA) is 0 Å². The molecule has 0 nitrogen and oxygen atoms in total. The predicted molar refractivity (Wildman–Crippen MR) is 149 cm³/mol. The number of hydrogen-bond acceptors (Lipinski definition) is 0. The minimum absolute atomic E-state index is 0.418. The van der Waals surface area contributed by atoms with Gasteiger partial charge < -0.3 is 0 Å². The summed E-state index contributed by atoms with van der Waals surface area (Å²) in [6.07, 6.45) is 21.3. The van der Waals surface area contributed by atoms with Gasteiger partial charge >= 0.3 is 0 Å². The van der Waals surface area contributed by atoms with Gasteiger partial charge in [-0.15, -0.1) is 0 Å². The molecule has 0 saturated heterocycles. The quantitative estimate of drug-likeness (QED) is 0.206. The van der Waals surface area contributed by atoms with E-state index in [0.717, 1.165) is 24.2 Å². The normalized spacial score (nSPS) is 24.7. The summed E-state index contributed by atoms with van der Waals surface area (Å²) in [5.41, 5.74) is 3.32. The Morgan fingerprint density at radius 1 is 0.667 bits per heavy atom. The highest BCUT2D eigenvalue weighted by molar-refractivity contribution is 6.30. The molecule has 0 aliphatic heterocycles. The van der Waals surface area contributed by atoms with Crippen LogP contribution in [0.15, 0.2) is 36.4 Å². The van der Waals surface area contributed by atoms with E-state index in [1.807, 2.05) is 0 Å². The number of hydrogen-bond donors (Lipinski definition) is 0. The van der Waals surface area contributed by atoms with Crippen LogP contribution < -0.4 is 0 Å². The summed E-state index contributed by atoms with van der Waals surface area (Å²) in [6, 6.07) is 11.6. The van der Waals surface area contributed by atoms with Crippen molar-refractivity contribution in [3.63, 3.8) is 0 Å². The lowest BCUT2D eigenvalue weighted by Gasteiger charge is -2.32. The molecule has 0 radical (unpaired) electrons. The molecule has 0 bridgehead atoms. The fourth-order valence-corrected chi connectivity index (χ4v) is 6.85. The van der Waals surface area contributed by atoms with Crippen molar-refractivity contribution in [1.29, 1.82) is 0 Å². The molecule has 198 valence electrons. The maximum absolute atomic E-state index is 13.7. The van der Waals surface area contributed by atoms with E-state index in [1.165, 1.54) is 113 Å². The Labute approximate surface area is 223 Å². The van der Waals surface area contributed by atoms with Crippen LogP contribution in [0.2, 0.25) is 5.02 Å². The molecule has 2 aliphatic rings. The predicted octanol–water partition coefficient (Wildman–Crippen LogP) is 10.8.